The second-order valence-electron chi connectivity index (χ2n) is 3.62. The third-order valence-electron chi connectivity index (χ3n) is 2.73. The van der Waals surface area contributed by atoms with Crippen LogP contribution in [0.1, 0.15) is 15.9 Å². The summed E-state index contributed by atoms with van der Waals surface area (Å²) in [6.45, 7) is 0. The zero-order valence-corrected chi connectivity index (χ0v) is 8.31. The number of phenolic OH excluding ortho intramolecular Hbond substituents is 1. The summed E-state index contributed by atoms with van der Waals surface area (Å²) in [7, 11) is 0. The third-order valence-corrected chi connectivity index (χ3v) is 2.73. The molecule has 1 aliphatic heterocycles. The van der Waals surface area contributed by atoms with E-state index in [-0.39, 0.29) is 5.75 Å². The lowest BCUT2D eigenvalue weighted by atomic mass is 9.98. The first-order chi connectivity index (χ1) is 7.81. The molecule has 1 N–H and O–H groups in total. The molecular weight excluding hydrogens is 204 g/mol. The van der Waals surface area contributed by atoms with Crippen molar-refractivity contribution in [2.45, 2.75) is 0 Å². The summed E-state index contributed by atoms with van der Waals surface area (Å²) in [5.41, 5.74) is 1.41. The number of aldehydes is 1. The lowest BCUT2D eigenvalue weighted by molar-refractivity contribution is 0.112. The van der Waals surface area contributed by atoms with Gasteiger partial charge in [0.05, 0.1) is 6.26 Å². The topological polar surface area (TPSA) is 46.5 Å². The van der Waals surface area contributed by atoms with Crippen molar-refractivity contribution in [2.24, 2.45) is 0 Å². The van der Waals surface area contributed by atoms with Crippen molar-refractivity contribution in [2.75, 3.05) is 0 Å². The molecule has 0 radical (unpaired) electrons. The Morgan fingerprint density at radius 1 is 1.12 bits per heavy atom. The number of ether oxygens (including phenoxy) is 1. The molecule has 1 heterocycles. The molecule has 0 aromatic heterocycles. The highest BCUT2D eigenvalue weighted by atomic mass is 16.5. The summed E-state index contributed by atoms with van der Waals surface area (Å²) in [5, 5.41) is 11.1. The summed E-state index contributed by atoms with van der Waals surface area (Å²) < 4.78 is 5.34. The Hall–Kier alpha value is -2.29. The first-order valence-corrected chi connectivity index (χ1v) is 4.88. The van der Waals surface area contributed by atoms with Gasteiger partial charge in [-0.05, 0) is 29.8 Å². The number of phenols is 1. The lowest BCUT2D eigenvalue weighted by Gasteiger charge is -2.14. The van der Waals surface area contributed by atoms with Crippen molar-refractivity contribution in [3.8, 4) is 11.5 Å². The van der Waals surface area contributed by atoms with Gasteiger partial charge < -0.3 is 9.84 Å². The highest BCUT2D eigenvalue weighted by molar-refractivity contribution is 6.08. The van der Waals surface area contributed by atoms with E-state index in [4.69, 9.17) is 4.74 Å². The van der Waals surface area contributed by atoms with Gasteiger partial charge in [-0.25, -0.2) is 0 Å². The van der Waals surface area contributed by atoms with Crippen LogP contribution in [-0.4, -0.2) is 11.4 Å². The van der Waals surface area contributed by atoms with Gasteiger partial charge in [0.15, 0.2) is 6.29 Å². The molecule has 0 aliphatic carbocycles. The van der Waals surface area contributed by atoms with Crippen LogP contribution in [0, 0.1) is 0 Å². The molecule has 3 nitrogen and oxygen atoms in total. The molecule has 0 atom stereocenters. The Morgan fingerprint density at radius 2 is 2.00 bits per heavy atom. The summed E-state index contributed by atoms with van der Waals surface area (Å²) in [6, 6.07) is 6.77. The minimum Gasteiger partial charge on any atom is -0.507 e. The number of hydrogen-bond donors (Lipinski definition) is 1. The van der Waals surface area contributed by atoms with Crippen LogP contribution in [-0.2, 0) is 0 Å². The maximum Gasteiger partial charge on any atom is 0.150 e. The van der Waals surface area contributed by atoms with Crippen molar-refractivity contribution in [1.29, 1.82) is 0 Å². The van der Waals surface area contributed by atoms with Gasteiger partial charge in [-0.3, -0.25) is 4.79 Å². The lowest BCUT2D eigenvalue weighted by Crippen LogP contribution is -1.95. The quantitative estimate of drug-likeness (QED) is 0.739. The van der Waals surface area contributed by atoms with Crippen molar-refractivity contribution in [1.82, 2.24) is 0 Å². The molecule has 78 valence electrons. The highest BCUT2D eigenvalue weighted by Gasteiger charge is 2.15. The Morgan fingerprint density at radius 3 is 2.81 bits per heavy atom. The van der Waals surface area contributed by atoms with Gasteiger partial charge in [0, 0.05) is 16.3 Å². The smallest absolute Gasteiger partial charge is 0.150 e. The van der Waals surface area contributed by atoms with E-state index in [1.807, 2.05) is 6.08 Å². The summed E-state index contributed by atoms with van der Waals surface area (Å²) in [4.78, 5) is 10.9. The minimum absolute atomic E-state index is 0.0987. The molecular formula is C13H8O3. The first-order valence-electron chi connectivity index (χ1n) is 4.88. The van der Waals surface area contributed by atoms with Gasteiger partial charge in [0.2, 0.25) is 0 Å². The maximum absolute atomic E-state index is 10.9. The standard InChI is InChI=1S/C13H8O3/c14-7-9-2-4-11-13-8(5-6-16-11)1-3-10(15)12(9)13/h1-7,15H. The second-order valence-corrected chi connectivity index (χ2v) is 3.62. The third kappa shape index (κ3) is 1.05. The Bertz CT molecular complexity index is 621. The summed E-state index contributed by atoms with van der Waals surface area (Å²) in [5.74, 6) is 0.760. The number of benzene rings is 2. The Balaban J connectivity index is 2.57. The normalized spacial score (nSPS) is 12.5. The molecule has 3 heteroatoms. The molecule has 16 heavy (non-hydrogen) atoms. The Labute approximate surface area is 91.6 Å². The molecule has 0 bridgehead atoms. The number of hydrogen-bond acceptors (Lipinski definition) is 3. The summed E-state index contributed by atoms with van der Waals surface area (Å²) >= 11 is 0. The van der Waals surface area contributed by atoms with E-state index in [2.05, 4.69) is 0 Å². The van der Waals surface area contributed by atoms with Crippen molar-refractivity contribution in [3.63, 3.8) is 0 Å². The van der Waals surface area contributed by atoms with Crippen LogP contribution < -0.4 is 4.74 Å². The van der Waals surface area contributed by atoms with E-state index in [1.54, 1.807) is 30.5 Å². The number of aromatic hydroxyl groups is 1. The second kappa shape index (κ2) is 3.10. The van der Waals surface area contributed by atoms with E-state index in [9.17, 15) is 9.90 Å². The van der Waals surface area contributed by atoms with Gasteiger partial charge in [-0.1, -0.05) is 6.07 Å². The zero-order chi connectivity index (χ0) is 11.1. The molecule has 0 amide bonds. The van der Waals surface area contributed by atoms with Gasteiger partial charge in [-0.2, -0.15) is 0 Å². The fourth-order valence-electron chi connectivity index (χ4n) is 2.01. The maximum atomic E-state index is 10.9. The average Bonchev–Trinajstić information content (AvgIpc) is 2.33. The molecule has 1 aliphatic rings. The fraction of sp³-hybridized carbons (Fsp3) is 0. The molecule has 0 fully saturated rings. The van der Waals surface area contributed by atoms with Crippen molar-refractivity contribution in [3.05, 3.63) is 41.7 Å². The van der Waals surface area contributed by atoms with Crippen LogP contribution in [0.15, 0.2) is 30.5 Å². The monoisotopic (exact) mass is 212 g/mol. The predicted octanol–water partition coefficient (Wildman–Crippen LogP) is 2.72. The average molecular weight is 212 g/mol. The van der Waals surface area contributed by atoms with Crippen LogP contribution in [0.2, 0.25) is 0 Å². The fourth-order valence-corrected chi connectivity index (χ4v) is 2.01. The molecule has 0 spiro atoms. The van der Waals surface area contributed by atoms with Crippen molar-refractivity contribution < 1.29 is 14.6 Å². The van der Waals surface area contributed by atoms with Gasteiger partial charge >= 0.3 is 0 Å². The van der Waals surface area contributed by atoms with Gasteiger partial charge in [-0.15, -0.1) is 0 Å². The van der Waals surface area contributed by atoms with Crippen LogP contribution in [0.25, 0.3) is 16.8 Å². The molecule has 2 aromatic carbocycles. The Kier molecular flexibility index (Phi) is 1.74. The molecule has 3 rings (SSSR count). The first kappa shape index (κ1) is 8.97. The van der Waals surface area contributed by atoms with E-state index in [0.717, 1.165) is 17.2 Å². The minimum atomic E-state index is 0.0987. The van der Waals surface area contributed by atoms with Crippen molar-refractivity contribution >= 4 is 23.1 Å². The summed E-state index contributed by atoms with van der Waals surface area (Å²) in [6.07, 6.45) is 4.14. The van der Waals surface area contributed by atoms with Gasteiger partial charge in [0.1, 0.15) is 11.5 Å². The van der Waals surface area contributed by atoms with E-state index < -0.39 is 0 Å². The molecule has 2 aromatic rings. The van der Waals surface area contributed by atoms with Crippen LogP contribution in [0.4, 0.5) is 0 Å². The van der Waals surface area contributed by atoms with Crippen LogP contribution >= 0.6 is 0 Å². The highest BCUT2D eigenvalue weighted by Crippen LogP contribution is 2.39. The van der Waals surface area contributed by atoms with E-state index in [1.165, 1.54) is 0 Å². The number of rotatable bonds is 1. The SMILES string of the molecule is O=Cc1ccc2c3c(ccc(O)c13)C=CO2. The predicted molar refractivity (Wildman–Crippen MR) is 60.7 cm³/mol. The number of carbonyl (C=O) groups is 1. The molecule has 0 saturated heterocycles. The molecule has 0 unspecified atom stereocenters. The molecule has 0 saturated carbocycles. The van der Waals surface area contributed by atoms with Gasteiger partial charge in [0.25, 0.3) is 0 Å². The van der Waals surface area contributed by atoms with E-state index in [0.29, 0.717) is 16.7 Å². The van der Waals surface area contributed by atoms with E-state index >= 15 is 0 Å². The van der Waals surface area contributed by atoms with Crippen LogP contribution in [0.3, 0.4) is 0 Å². The zero-order valence-electron chi connectivity index (χ0n) is 8.31. The largest absolute Gasteiger partial charge is 0.507 e. The van der Waals surface area contributed by atoms with Crippen LogP contribution in [0.5, 0.6) is 11.5 Å². The number of carbonyl (C=O) groups excluding carboxylic acids is 1.